The normalized spacial score (nSPS) is 12.4. The second-order valence-corrected chi connectivity index (χ2v) is 9.38. The lowest BCUT2D eigenvalue weighted by Gasteiger charge is -2.23. The predicted octanol–water partition coefficient (Wildman–Crippen LogP) is 8.57. The summed E-state index contributed by atoms with van der Waals surface area (Å²) in [5.41, 5.74) is -1.15. The van der Waals surface area contributed by atoms with E-state index in [1.807, 2.05) is 0 Å². The molecule has 0 amide bonds. The van der Waals surface area contributed by atoms with E-state index in [2.05, 4.69) is 10.3 Å². The number of thiazole rings is 1. The van der Waals surface area contributed by atoms with Gasteiger partial charge >= 0.3 is 12.4 Å². The van der Waals surface area contributed by atoms with Crippen molar-refractivity contribution in [2.24, 2.45) is 0 Å². The summed E-state index contributed by atoms with van der Waals surface area (Å²) in [4.78, 5) is 3.77. The van der Waals surface area contributed by atoms with Crippen molar-refractivity contribution in [3.63, 3.8) is 0 Å². The Morgan fingerprint density at radius 2 is 1.59 bits per heavy atom. The van der Waals surface area contributed by atoms with Gasteiger partial charge in [-0.3, -0.25) is 4.90 Å². The third kappa shape index (κ3) is 7.35. The summed E-state index contributed by atoms with van der Waals surface area (Å²) < 4.78 is 93.8. The Morgan fingerprint density at radius 1 is 0.941 bits per heavy atom. The monoisotopic (exact) mass is 565 g/mol. The third-order valence-corrected chi connectivity index (χ3v) is 6.04. The molecule has 2 aromatic carbocycles. The number of aromatic nitrogens is 1. The summed E-state index contributed by atoms with van der Waals surface area (Å²) in [6, 6.07) is 7.40. The lowest BCUT2D eigenvalue weighted by Crippen LogP contribution is -2.33. The summed E-state index contributed by atoms with van der Waals surface area (Å²) in [6.45, 7) is -2.70. The number of nitrogens with one attached hydrogen (secondary N) is 1. The molecule has 3 nitrogen and oxygen atoms in total. The molecule has 0 unspecified atom stereocenters. The zero-order valence-electron chi connectivity index (χ0n) is 16.7. The highest BCUT2D eigenvalue weighted by molar-refractivity contribution is 7.15. The number of anilines is 2. The van der Waals surface area contributed by atoms with Gasteiger partial charge in [-0.15, -0.1) is 0 Å². The molecule has 1 heterocycles. The molecule has 1 N–H and O–H groups in total. The molecule has 34 heavy (non-hydrogen) atoms. The lowest BCUT2D eigenvalue weighted by atomic mass is 10.2. The van der Waals surface area contributed by atoms with Crippen LogP contribution in [0.4, 0.5) is 41.6 Å². The summed E-state index contributed by atoms with van der Waals surface area (Å²) in [5, 5.41) is 2.49. The maximum absolute atomic E-state index is 13.6. The fraction of sp³-hybridized carbons (Fsp3) is 0.250. The van der Waals surface area contributed by atoms with Crippen molar-refractivity contribution < 1.29 is 30.7 Å². The van der Waals surface area contributed by atoms with E-state index in [9.17, 15) is 30.7 Å². The Labute approximate surface area is 208 Å². The fourth-order valence-electron chi connectivity index (χ4n) is 3.02. The van der Waals surface area contributed by atoms with Crippen LogP contribution in [0.1, 0.15) is 16.1 Å². The second kappa shape index (κ2) is 10.4. The first kappa shape index (κ1) is 26.8. The van der Waals surface area contributed by atoms with Crippen LogP contribution in [0.15, 0.2) is 36.4 Å². The molecule has 184 valence electrons. The van der Waals surface area contributed by atoms with Crippen molar-refractivity contribution in [3.05, 3.63) is 73.4 Å². The topological polar surface area (TPSA) is 28.2 Å². The van der Waals surface area contributed by atoms with Crippen LogP contribution in [-0.4, -0.2) is 22.6 Å². The van der Waals surface area contributed by atoms with E-state index in [1.54, 1.807) is 0 Å². The minimum atomic E-state index is -4.94. The molecule has 0 fully saturated rings. The molecule has 0 aliphatic rings. The van der Waals surface area contributed by atoms with Gasteiger partial charge in [0, 0.05) is 18.1 Å². The highest BCUT2D eigenvalue weighted by Gasteiger charge is 2.39. The highest BCUT2D eigenvalue weighted by Crippen LogP contribution is 2.41. The van der Waals surface area contributed by atoms with Crippen LogP contribution in [0.3, 0.4) is 0 Å². The van der Waals surface area contributed by atoms with E-state index in [4.69, 9.17) is 34.8 Å². The van der Waals surface area contributed by atoms with E-state index < -0.39 is 48.4 Å². The average molecular weight is 567 g/mol. The van der Waals surface area contributed by atoms with Crippen molar-refractivity contribution in [1.29, 1.82) is 0 Å². The van der Waals surface area contributed by atoms with Gasteiger partial charge in [-0.2, -0.15) is 26.3 Å². The summed E-state index contributed by atoms with van der Waals surface area (Å²) in [7, 11) is 0. The molecule has 3 aromatic rings. The molecule has 0 atom stereocenters. The largest absolute Gasteiger partial charge is 0.434 e. The third-order valence-electron chi connectivity index (χ3n) is 4.27. The van der Waals surface area contributed by atoms with Crippen molar-refractivity contribution in [3.8, 4) is 0 Å². The van der Waals surface area contributed by atoms with Gasteiger partial charge in [0.25, 0.3) is 0 Å². The van der Waals surface area contributed by atoms with Gasteiger partial charge in [0.2, 0.25) is 0 Å². The Hall–Kier alpha value is -1.79. The quantitative estimate of drug-likeness (QED) is 0.290. The first-order chi connectivity index (χ1) is 15.7. The maximum Gasteiger partial charge on any atom is 0.434 e. The molecule has 0 spiro atoms. The molecule has 0 saturated heterocycles. The predicted molar refractivity (Wildman–Crippen MR) is 118 cm³/mol. The highest BCUT2D eigenvalue weighted by atomic mass is 35.5. The number of hydrogen-bond acceptors (Lipinski definition) is 4. The maximum atomic E-state index is 13.6. The van der Waals surface area contributed by atoms with Crippen LogP contribution in [0, 0.1) is 5.82 Å². The van der Waals surface area contributed by atoms with Crippen molar-refractivity contribution in [2.75, 3.05) is 11.9 Å². The summed E-state index contributed by atoms with van der Waals surface area (Å²) in [5.74, 6) is -0.679. The SMILES string of the molecule is Fc1cccc(CN(Cc2sc(Nc3c(Cl)cc(Cl)cc3Cl)nc2C(F)(F)F)CC(F)(F)F)c1. The van der Waals surface area contributed by atoms with Gasteiger partial charge in [-0.25, -0.2) is 9.37 Å². The Kier molecular flexibility index (Phi) is 8.24. The van der Waals surface area contributed by atoms with E-state index >= 15 is 0 Å². The minimum absolute atomic E-state index is 0.00705. The van der Waals surface area contributed by atoms with E-state index in [0.29, 0.717) is 11.3 Å². The molecule has 1 aromatic heterocycles. The van der Waals surface area contributed by atoms with Gasteiger partial charge in [0.1, 0.15) is 5.82 Å². The second-order valence-electron chi connectivity index (χ2n) is 7.05. The number of nitrogens with zero attached hydrogens (tertiary/aromatic N) is 2. The Morgan fingerprint density at radius 3 is 2.15 bits per heavy atom. The Bertz CT molecular complexity index is 1140. The van der Waals surface area contributed by atoms with Crippen molar-refractivity contribution in [2.45, 2.75) is 25.4 Å². The summed E-state index contributed by atoms with van der Waals surface area (Å²) >= 11 is 18.4. The van der Waals surface area contributed by atoms with E-state index in [-0.39, 0.29) is 31.5 Å². The molecular weight excluding hydrogens is 554 g/mol. The molecule has 0 bridgehead atoms. The van der Waals surface area contributed by atoms with Crippen molar-refractivity contribution >= 4 is 57.0 Å². The molecule has 0 aliphatic heterocycles. The van der Waals surface area contributed by atoms with Crippen LogP contribution in [0.25, 0.3) is 0 Å². The zero-order chi connectivity index (χ0) is 25.3. The van der Waals surface area contributed by atoms with Crippen LogP contribution in [-0.2, 0) is 19.3 Å². The number of halogens is 10. The van der Waals surface area contributed by atoms with Gasteiger partial charge in [0.05, 0.1) is 27.2 Å². The standard InChI is InChI=1S/C20H13Cl3F7N3S/c21-11-5-13(22)16(14(23)6-11)31-18-32-17(20(28,29)30)15(34-18)8-33(9-19(25,26)27)7-10-2-1-3-12(24)4-10/h1-6H,7-9H2,(H,31,32). The van der Waals surface area contributed by atoms with Crippen molar-refractivity contribution in [1.82, 2.24) is 9.88 Å². The molecule has 3 rings (SSSR count). The molecule has 0 aliphatic carbocycles. The first-order valence-electron chi connectivity index (χ1n) is 9.23. The number of rotatable bonds is 7. The molecule has 14 heteroatoms. The van der Waals surface area contributed by atoms with Gasteiger partial charge in [0.15, 0.2) is 10.8 Å². The smallest absolute Gasteiger partial charge is 0.329 e. The number of alkyl halides is 6. The van der Waals surface area contributed by atoms with Gasteiger partial charge < -0.3 is 5.32 Å². The average Bonchev–Trinajstić information content (AvgIpc) is 3.06. The molecular formula is C20H13Cl3F7N3S. The number of benzene rings is 2. The first-order valence-corrected chi connectivity index (χ1v) is 11.2. The minimum Gasteiger partial charge on any atom is -0.329 e. The van der Waals surface area contributed by atoms with Gasteiger partial charge in [-0.05, 0) is 29.8 Å². The lowest BCUT2D eigenvalue weighted by molar-refractivity contribution is -0.149. The zero-order valence-corrected chi connectivity index (χ0v) is 19.8. The van der Waals surface area contributed by atoms with Crippen LogP contribution in [0.5, 0.6) is 0 Å². The van der Waals surface area contributed by atoms with E-state index in [1.165, 1.54) is 24.3 Å². The Balaban J connectivity index is 1.94. The number of hydrogen-bond donors (Lipinski definition) is 1. The van der Waals surface area contributed by atoms with Crippen LogP contribution < -0.4 is 5.32 Å². The van der Waals surface area contributed by atoms with Crippen LogP contribution in [0.2, 0.25) is 15.1 Å². The van der Waals surface area contributed by atoms with Crippen LogP contribution >= 0.6 is 46.1 Å². The fourth-order valence-corrected chi connectivity index (χ4v) is 4.96. The molecule has 0 saturated carbocycles. The summed E-state index contributed by atoms with van der Waals surface area (Å²) in [6.07, 6.45) is -9.65. The molecule has 0 radical (unpaired) electrons. The van der Waals surface area contributed by atoms with Gasteiger partial charge in [-0.1, -0.05) is 58.3 Å². The van der Waals surface area contributed by atoms with E-state index in [0.717, 1.165) is 17.0 Å².